The van der Waals surface area contributed by atoms with Gasteiger partial charge in [0.25, 0.3) is 0 Å². The molecule has 31 heavy (non-hydrogen) atoms. The highest BCUT2D eigenvalue weighted by Gasteiger charge is 2.61. The lowest BCUT2D eigenvalue weighted by Crippen LogP contribution is -2.61. The van der Waals surface area contributed by atoms with Crippen molar-refractivity contribution >= 4 is 5.91 Å². The maximum atomic E-state index is 12.4. The van der Waals surface area contributed by atoms with Gasteiger partial charge in [-0.1, -0.05) is 13.8 Å². The van der Waals surface area contributed by atoms with Crippen molar-refractivity contribution in [1.29, 1.82) is 0 Å². The molecule has 170 valence electrons. The van der Waals surface area contributed by atoms with Crippen LogP contribution in [0.1, 0.15) is 76.7 Å². The van der Waals surface area contributed by atoms with Crippen LogP contribution < -0.4 is 9.47 Å². The number of benzene rings is 1. The SMILES string of the molecule is COc1ccc(OC)c(C2CC[C@H]3[C@@H]4CCC5N(C)C(=O)CC[C@]5(C)[C@@H]4CC[C@]23C)c1. The Hall–Kier alpha value is -1.71. The number of fused-ring (bicyclic) bond motifs is 5. The first-order valence-electron chi connectivity index (χ1n) is 12.3. The van der Waals surface area contributed by atoms with Crippen LogP contribution in [0.15, 0.2) is 18.2 Å². The van der Waals surface area contributed by atoms with Gasteiger partial charge >= 0.3 is 0 Å². The van der Waals surface area contributed by atoms with E-state index in [1.165, 1.54) is 44.1 Å². The minimum Gasteiger partial charge on any atom is -0.497 e. The van der Waals surface area contributed by atoms with Crippen LogP contribution in [0.3, 0.4) is 0 Å². The van der Waals surface area contributed by atoms with Crippen molar-refractivity contribution in [2.45, 2.75) is 77.2 Å². The number of amides is 1. The van der Waals surface area contributed by atoms with Crippen molar-refractivity contribution in [2.75, 3.05) is 21.3 Å². The second kappa shape index (κ2) is 7.42. The van der Waals surface area contributed by atoms with Crippen molar-refractivity contribution in [1.82, 2.24) is 4.90 Å². The number of ether oxygens (including phenoxy) is 2. The van der Waals surface area contributed by atoms with E-state index in [2.05, 4.69) is 37.9 Å². The summed E-state index contributed by atoms with van der Waals surface area (Å²) in [5, 5.41) is 0. The van der Waals surface area contributed by atoms with E-state index in [4.69, 9.17) is 9.47 Å². The van der Waals surface area contributed by atoms with Gasteiger partial charge in [-0.2, -0.15) is 0 Å². The largest absolute Gasteiger partial charge is 0.497 e. The standard InChI is InChI=1S/C27H39NO3/c1-26-14-12-22-18(7-11-24-27(22,2)15-13-25(29)28(24)3)20(26)8-9-21(26)19-16-17(30-4)6-10-23(19)31-5/h6,10,16,18,20-22,24H,7-9,11-15H2,1-5H3/t18-,20-,21?,22+,24?,26-,27+/m0/s1. The number of piperidine rings is 1. The van der Waals surface area contributed by atoms with E-state index < -0.39 is 0 Å². The number of hydrogen-bond donors (Lipinski definition) is 0. The Balaban J connectivity index is 1.46. The van der Waals surface area contributed by atoms with Gasteiger partial charge in [0, 0.05) is 25.1 Å². The highest BCUT2D eigenvalue weighted by Crippen LogP contribution is 2.68. The Morgan fingerprint density at radius 3 is 2.45 bits per heavy atom. The predicted molar refractivity (Wildman–Crippen MR) is 122 cm³/mol. The van der Waals surface area contributed by atoms with Crippen LogP contribution in [0.4, 0.5) is 0 Å². The molecule has 0 spiro atoms. The third-order valence-electron chi connectivity index (χ3n) is 10.4. The Kier molecular flexibility index (Phi) is 5.06. The molecule has 1 heterocycles. The molecule has 1 amide bonds. The number of methoxy groups -OCH3 is 2. The van der Waals surface area contributed by atoms with Gasteiger partial charge in [-0.25, -0.2) is 0 Å². The van der Waals surface area contributed by atoms with E-state index in [0.29, 0.717) is 28.7 Å². The average Bonchev–Trinajstić information content (AvgIpc) is 3.13. The topological polar surface area (TPSA) is 38.8 Å². The Morgan fingerprint density at radius 2 is 1.71 bits per heavy atom. The summed E-state index contributed by atoms with van der Waals surface area (Å²) < 4.78 is 11.4. The van der Waals surface area contributed by atoms with Gasteiger partial charge in [0.1, 0.15) is 11.5 Å². The zero-order chi connectivity index (χ0) is 22.0. The van der Waals surface area contributed by atoms with Gasteiger partial charge in [-0.15, -0.1) is 0 Å². The molecular formula is C27H39NO3. The Bertz CT molecular complexity index is 868. The molecule has 1 aromatic rings. The minimum absolute atomic E-state index is 0.290. The molecule has 0 bridgehead atoms. The molecule has 0 aromatic heterocycles. The molecule has 1 aromatic carbocycles. The first kappa shape index (κ1) is 21.2. The molecule has 3 saturated carbocycles. The van der Waals surface area contributed by atoms with Crippen LogP contribution in [-0.2, 0) is 4.79 Å². The average molecular weight is 426 g/mol. The molecule has 4 heteroatoms. The summed E-state index contributed by atoms with van der Waals surface area (Å²) in [4.78, 5) is 14.5. The summed E-state index contributed by atoms with van der Waals surface area (Å²) in [5.74, 6) is 5.15. The maximum absolute atomic E-state index is 12.4. The van der Waals surface area contributed by atoms with Crippen LogP contribution in [0.5, 0.6) is 11.5 Å². The number of nitrogens with zero attached hydrogens (tertiary/aromatic N) is 1. The van der Waals surface area contributed by atoms with E-state index in [1.807, 2.05) is 6.07 Å². The van der Waals surface area contributed by atoms with Crippen LogP contribution in [0.25, 0.3) is 0 Å². The molecule has 4 fully saturated rings. The van der Waals surface area contributed by atoms with Crippen molar-refractivity contribution in [3.8, 4) is 11.5 Å². The second-order valence-corrected chi connectivity index (χ2v) is 11.3. The lowest BCUT2D eigenvalue weighted by molar-refractivity contribution is -0.157. The molecule has 4 aliphatic rings. The third kappa shape index (κ3) is 2.96. The highest BCUT2D eigenvalue weighted by atomic mass is 16.5. The quantitative estimate of drug-likeness (QED) is 0.628. The smallest absolute Gasteiger partial charge is 0.222 e. The van der Waals surface area contributed by atoms with Gasteiger partial charge < -0.3 is 14.4 Å². The molecule has 0 radical (unpaired) electrons. The molecule has 3 aliphatic carbocycles. The summed E-state index contributed by atoms with van der Waals surface area (Å²) in [6.07, 6.45) is 9.42. The molecule has 1 aliphatic heterocycles. The molecule has 1 saturated heterocycles. The molecule has 0 N–H and O–H groups in total. The van der Waals surface area contributed by atoms with Gasteiger partial charge in [0.05, 0.1) is 14.2 Å². The van der Waals surface area contributed by atoms with Crippen molar-refractivity contribution in [2.24, 2.45) is 28.6 Å². The number of hydrogen-bond acceptors (Lipinski definition) is 3. The Morgan fingerprint density at radius 1 is 0.935 bits per heavy atom. The molecule has 5 rings (SSSR count). The van der Waals surface area contributed by atoms with E-state index >= 15 is 0 Å². The minimum atomic E-state index is 0.290. The van der Waals surface area contributed by atoms with Gasteiger partial charge in [0.2, 0.25) is 5.91 Å². The Labute approximate surface area is 187 Å². The van der Waals surface area contributed by atoms with E-state index in [-0.39, 0.29) is 0 Å². The van der Waals surface area contributed by atoms with Gasteiger partial charge in [-0.3, -0.25) is 4.79 Å². The number of carbonyl (C=O) groups is 1. The third-order valence-corrected chi connectivity index (χ3v) is 10.4. The summed E-state index contributed by atoms with van der Waals surface area (Å²) >= 11 is 0. The lowest BCUT2D eigenvalue weighted by Gasteiger charge is -2.61. The fraction of sp³-hybridized carbons (Fsp3) is 0.741. The van der Waals surface area contributed by atoms with Crippen molar-refractivity contribution < 1.29 is 14.3 Å². The molecule has 7 atom stereocenters. The van der Waals surface area contributed by atoms with E-state index in [9.17, 15) is 4.79 Å². The first-order chi connectivity index (χ1) is 14.8. The fourth-order valence-corrected chi connectivity index (χ4v) is 8.77. The van der Waals surface area contributed by atoms with Crippen molar-refractivity contribution in [3.05, 3.63) is 23.8 Å². The lowest BCUT2D eigenvalue weighted by atomic mass is 9.46. The van der Waals surface area contributed by atoms with Gasteiger partial charge in [0.15, 0.2) is 0 Å². The zero-order valence-corrected chi connectivity index (χ0v) is 19.9. The van der Waals surface area contributed by atoms with Crippen molar-refractivity contribution in [3.63, 3.8) is 0 Å². The number of carbonyl (C=O) groups excluding carboxylic acids is 1. The van der Waals surface area contributed by atoms with Crippen LogP contribution in [0.2, 0.25) is 0 Å². The monoisotopic (exact) mass is 425 g/mol. The van der Waals surface area contributed by atoms with E-state index in [0.717, 1.165) is 42.1 Å². The summed E-state index contributed by atoms with van der Waals surface area (Å²) in [6, 6.07) is 6.76. The number of rotatable bonds is 3. The maximum Gasteiger partial charge on any atom is 0.222 e. The molecular weight excluding hydrogens is 386 g/mol. The molecule has 4 nitrogen and oxygen atoms in total. The predicted octanol–water partition coefficient (Wildman–Crippen LogP) is 5.65. The summed E-state index contributed by atoms with van der Waals surface area (Å²) in [6.45, 7) is 5.08. The highest BCUT2D eigenvalue weighted by molar-refractivity contribution is 5.77. The first-order valence-corrected chi connectivity index (χ1v) is 12.3. The van der Waals surface area contributed by atoms with Crippen LogP contribution in [0, 0.1) is 28.6 Å². The van der Waals surface area contributed by atoms with E-state index in [1.54, 1.807) is 14.2 Å². The van der Waals surface area contributed by atoms with Crippen LogP contribution in [-0.4, -0.2) is 38.1 Å². The summed E-state index contributed by atoms with van der Waals surface area (Å²) in [7, 11) is 5.60. The normalized spacial score (nSPS) is 41.9. The second-order valence-electron chi connectivity index (χ2n) is 11.3. The number of likely N-dealkylation sites (tertiary alicyclic amines) is 1. The summed E-state index contributed by atoms with van der Waals surface area (Å²) in [5.41, 5.74) is 1.95. The van der Waals surface area contributed by atoms with Gasteiger partial charge in [-0.05, 0) is 97.6 Å². The zero-order valence-electron chi connectivity index (χ0n) is 19.9. The fourth-order valence-electron chi connectivity index (χ4n) is 8.77. The molecule has 2 unspecified atom stereocenters. The van der Waals surface area contributed by atoms with Crippen LogP contribution >= 0.6 is 0 Å².